The average Bonchev–Trinajstić information content (AvgIpc) is 2.74. The third-order valence-electron chi connectivity index (χ3n) is 2.66. The van der Waals surface area contributed by atoms with Crippen molar-refractivity contribution in [2.24, 2.45) is 0 Å². The van der Waals surface area contributed by atoms with Gasteiger partial charge in [0.1, 0.15) is 11.6 Å². The Morgan fingerprint density at radius 3 is 3.00 bits per heavy atom. The number of aromatic nitrogens is 2. The summed E-state index contributed by atoms with van der Waals surface area (Å²) in [6.45, 7) is 0.851. The maximum atomic E-state index is 5.81. The summed E-state index contributed by atoms with van der Waals surface area (Å²) in [7, 11) is 0. The molecule has 0 fully saturated rings. The van der Waals surface area contributed by atoms with E-state index in [9.17, 15) is 0 Å². The molecule has 0 bridgehead atoms. The van der Waals surface area contributed by atoms with Crippen LogP contribution >= 0.6 is 15.9 Å². The summed E-state index contributed by atoms with van der Waals surface area (Å²) < 4.78 is 11.6. The Hall–Kier alpha value is -1.53. The predicted molar refractivity (Wildman–Crippen MR) is 66.4 cm³/mol. The van der Waals surface area contributed by atoms with Gasteiger partial charge in [-0.15, -0.1) is 0 Å². The van der Waals surface area contributed by atoms with Gasteiger partial charge in [0.15, 0.2) is 6.79 Å². The highest BCUT2D eigenvalue weighted by Crippen LogP contribution is 2.37. The Labute approximate surface area is 106 Å². The Bertz CT molecular complexity index is 568. The largest absolute Gasteiger partial charge is 0.467 e. The van der Waals surface area contributed by atoms with E-state index < -0.39 is 0 Å². The zero-order valence-electron chi connectivity index (χ0n) is 8.87. The molecule has 1 aliphatic rings. The van der Waals surface area contributed by atoms with Crippen LogP contribution in [0.1, 0.15) is 5.56 Å². The van der Waals surface area contributed by atoms with Crippen LogP contribution in [-0.4, -0.2) is 17.0 Å². The number of fused-ring (bicyclic) bond motifs is 1. The molecule has 1 aromatic carbocycles. The number of nitrogens with zero attached hydrogens (tertiary/aromatic N) is 1. The fourth-order valence-electron chi connectivity index (χ4n) is 1.82. The monoisotopic (exact) mass is 295 g/mol. The number of halogens is 1. The van der Waals surface area contributed by atoms with Crippen molar-refractivity contribution < 1.29 is 9.47 Å². The van der Waals surface area contributed by atoms with E-state index in [4.69, 9.17) is 15.2 Å². The number of aromatic amines is 1. The lowest BCUT2D eigenvalue weighted by Gasteiger charge is -2.19. The molecule has 5 nitrogen and oxygen atoms in total. The Kier molecular flexibility index (Phi) is 2.53. The molecule has 2 heterocycles. The van der Waals surface area contributed by atoms with Crippen LogP contribution in [0.2, 0.25) is 0 Å². The van der Waals surface area contributed by atoms with Gasteiger partial charge < -0.3 is 15.2 Å². The molecule has 0 spiro atoms. The quantitative estimate of drug-likeness (QED) is 0.847. The number of nitrogens with one attached hydrogen (secondary N) is 1. The Morgan fingerprint density at radius 2 is 2.24 bits per heavy atom. The molecule has 0 aliphatic carbocycles. The minimum absolute atomic E-state index is 0.287. The van der Waals surface area contributed by atoms with Crippen LogP contribution in [0.25, 0.3) is 11.1 Å². The molecule has 1 aliphatic heterocycles. The van der Waals surface area contributed by atoms with E-state index in [0.717, 1.165) is 26.9 Å². The first-order valence-electron chi connectivity index (χ1n) is 5.08. The van der Waals surface area contributed by atoms with Crippen molar-refractivity contribution in [1.82, 2.24) is 10.2 Å². The van der Waals surface area contributed by atoms with Gasteiger partial charge in [-0.2, -0.15) is 5.10 Å². The number of hydrogen-bond acceptors (Lipinski definition) is 4. The summed E-state index contributed by atoms with van der Waals surface area (Å²) in [6, 6.07) is 3.93. The second-order valence-corrected chi connectivity index (χ2v) is 4.60. The molecule has 0 saturated carbocycles. The van der Waals surface area contributed by atoms with Gasteiger partial charge in [0.2, 0.25) is 0 Å². The lowest BCUT2D eigenvalue weighted by atomic mass is 10.1. The van der Waals surface area contributed by atoms with Crippen molar-refractivity contribution >= 4 is 21.7 Å². The topological polar surface area (TPSA) is 73.2 Å². The van der Waals surface area contributed by atoms with E-state index in [1.165, 1.54) is 0 Å². The summed E-state index contributed by atoms with van der Waals surface area (Å²) in [5.41, 5.74) is 8.65. The first-order valence-corrected chi connectivity index (χ1v) is 5.87. The number of nitrogen functional groups attached to an aromatic ring is 1. The standard InChI is InChI=1S/C11H10BrN3O2/c12-9-1-6-4-16-5-17-10(6)2-7(9)8-3-14-15-11(8)13/h1-3H,4-5H2,(H3,13,14,15). The van der Waals surface area contributed by atoms with Gasteiger partial charge in [-0.05, 0) is 12.1 Å². The van der Waals surface area contributed by atoms with E-state index in [-0.39, 0.29) is 6.79 Å². The van der Waals surface area contributed by atoms with Crippen LogP contribution in [0.15, 0.2) is 22.8 Å². The van der Waals surface area contributed by atoms with Crippen molar-refractivity contribution in [3.63, 3.8) is 0 Å². The highest BCUT2D eigenvalue weighted by Gasteiger charge is 2.16. The summed E-state index contributed by atoms with van der Waals surface area (Å²) in [5.74, 6) is 1.37. The zero-order valence-corrected chi connectivity index (χ0v) is 10.5. The van der Waals surface area contributed by atoms with E-state index in [1.54, 1.807) is 6.20 Å². The molecule has 6 heteroatoms. The minimum atomic E-state index is 0.287. The molecule has 1 aromatic heterocycles. The average molecular weight is 296 g/mol. The molecule has 0 atom stereocenters. The van der Waals surface area contributed by atoms with Crippen LogP contribution in [0.4, 0.5) is 5.82 Å². The third kappa shape index (κ3) is 1.79. The molecule has 2 aromatic rings. The third-order valence-corrected chi connectivity index (χ3v) is 3.32. The van der Waals surface area contributed by atoms with Gasteiger partial charge in [-0.25, -0.2) is 0 Å². The van der Waals surface area contributed by atoms with Crippen molar-refractivity contribution in [1.29, 1.82) is 0 Å². The van der Waals surface area contributed by atoms with E-state index in [0.29, 0.717) is 12.4 Å². The smallest absolute Gasteiger partial charge is 0.189 e. The van der Waals surface area contributed by atoms with Crippen LogP contribution in [-0.2, 0) is 11.3 Å². The molecule has 0 unspecified atom stereocenters. The van der Waals surface area contributed by atoms with Gasteiger partial charge in [0.05, 0.1) is 12.8 Å². The normalized spacial score (nSPS) is 14.2. The minimum Gasteiger partial charge on any atom is -0.467 e. The molecule has 3 rings (SSSR count). The van der Waals surface area contributed by atoms with Crippen molar-refractivity contribution in [3.05, 3.63) is 28.4 Å². The lowest BCUT2D eigenvalue weighted by molar-refractivity contribution is -0.0163. The molecule has 0 radical (unpaired) electrons. The Morgan fingerprint density at radius 1 is 1.35 bits per heavy atom. The fourth-order valence-corrected chi connectivity index (χ4v) is 2.42. The molecular formula is C11H10BrN3O2. The van der Waals surface area contributed by atoms with Crippen LogP contribution in [0.3, 0.4) is 0 Å². The number of nitrogens with two attached hydrogens (primary N) is 1. The maximum absolute atomic E-state index is 5.81. The highest BCUT2D eigenvalue weighted by molar-refractivity contribution is 9.10. The number of rotatable bonds is 1. The number of ether oxygens (including phenoxy) is 2. The second kappa shape index (κ2) is 4.05. The van der Waals surface area contributed by atoms with Gasteiger partial charge in [0.25, 0.3) is 0 Å². The van der Waals surface area contributed by atoms with Crippen LogP contribution in [0.5, 0.6) is 5.75 Å². The van der Waals surface area contributed by atoms with Crippen LogP contribution in [0, 0.1) is 0 Å². The zero-order chi connectivity index (χ0) is 11.8. The van der Waals surface area contributed by atoms with Crippen LogP contribution < -0.4 is 10.5 Å². The van der Waals surface area contributed by atoms with Gasteiger partial charge in [-0.3, -0.25) is 5.10 Å². The van der Waals surface area contributed by atoms with Gasteiger partial charge in [-0.1, -0.05) is 15.9 Å². The predicted octanol–water partition coefficient (Wildman–Crippen LogP) is 2.29. The van der Waals surface area contributed by atoms with Crippen molar-refractivity contribution in [2.45, 2.75) is 6.61 Å². The SMILES string of the molecule is Nc1[nH]ncc1-c1cc2c(cc1Br)COCO2. The molecule has 0 saturated heterocycles. The van der Waals surface area contributed by atoms with Crippen molar-refractivity contribution in [2.75, 3.05) is 12.5 Å². The second-order valence-electron chi connectivity index (χ2n) is 3.75. The fraction of sp³-hybridized carbons (Fsp3) is 0.182. The van der Waals surface area contributed by atoms with E-state index in [2.05, 4.69) is 26.1 Å². The molecular weight excluding hydrogens is 286 g/mol. The molecule has 88 valence electrons. The maximum Gasteiger partial charge on any atom is 0.189 e. The van der Waals surface area contributed by atoms with Gasteiger partial charge >= 0.3 is 0 Å². The molecule has 17 heavy (non-hydrogen) atoms. The number of benzene rings is 1. The lowest BCUT2D eigenvalue weighted by Crippen LogP contribution is -2.11. The van der Waals surface area contributed by atoms with Crippen molar-refractivity contribution in [3.8, 4) is 16.9 Å². The molecule has 3 N–H and O–H groups in total. The Balaban J connectivity index is 2.15. The van der Waals surface area contributed by atoms with E-state index in [1.807, 2.05) is 12.1 Å². The summed E-state index contributed by atoms with van der Waals surface area (Å²) in [6.07, 6.45) is 1.70. The van der Waals surface area contributed by atoms with Gasteiger partial charge in [0, 0.05) is 21.2 Å². The summed E-state index contributed by atoms with van der Waals surface area (Å²) in [4.78, 5) is 0. The highest BCUT2D eigenvalue weighted by atomic mass is 79.9. The first-order chi connectivity index (χ1) is 8.25. The summed E-state index contributed by atoms with van der Waals surface area (Å²) >= 11 is 3.52. The van der Waals surface area contributed by atoms with E-state index >= 15 is 0 Å². The number of anilines is 1. The first kappa shape index (κ1) is 10.6. The summed E-state index contributed by atoms with van der Waals surface area (Å²) in [5, 5.41) is 6.63. The number of hydrogen-bond donors (Lipinski definition) is 2. The molecule has 0 amide bonds. The number of H-pyrrole nitrogens is 1.